The summed E-state index contributed by atoms with van der Waals surface area (Å²) >= 11 is 6.74. The van der Waals surface area contributed by atoms with Gasteiger partial charge in [-0.15, -0.1) is 0 Å². The number of thioether (sulfide) groups is 1. The minimum atomic E-state index is -0.451. The van der Waals surface area contributed by atoms with Crippen molar-refractivity contribution in [2.45, 2.75) is 51.2 Å². The Morgan fingerprint density at radius 1 is 1.21 bits per heavy atom. The SMILES string of the molecule is CCOC(=O)c1ccccc1NC(=O)CCCCCN1C(=O)C(CC)SC1=S. The van der Waals surface area contributed by atoms with Gasteiger partial charge in [0, 0.05) is 13.0 Å². The third-order valence-corrected chi connectivity index (χ3v) is 6.11. The quantitative estimate of drug-likeness (QED) is 0.349. The Bertz CT molecular complexity index is 739. The van der Waals surface area contributed by atoms with E-state index in [4.69, 9.17) is 17.0 Å². The van der Waals surface area contributed by atoms with Crippen molar-refractivity contribution < 1.29 is 19.1 Å². The molecule has 28 heavy (non-hydrogen) atoms. The summed E-state index contributed by atoms with van der Waals surface area (Å²) in [5, 5.41) is 2.74. The average molecular weight is 423 g/mol. The molecule has 0 radical (unpaired) electrons. The minimum Gasteiger partial charge on any atom is -0.462 e. The maximum atomic E-state index is 12.2. The van der Waals surface area contributed by atoms with E-state index in [0.717, 1.165) is 19.3 Å². The number of anilines is 1. The molecule has 0 aromatic heterocycles. The number of para-hydroxylation sites is 1. The summed E-state index contributed by atoms with van der Waals surface area (Å²) in [6.45, 7) is 4.61. The summed E-state index contributed by atoms with van der Waals surface area (Å²) in [5.41, 5.74) is 0.809. The zero-order valence-corrected chi connectivity index (χ0v) is 17.9. The van der Waals surface area contributed by atoms with Gasteiger partial charge in [-0.25, -0.2) is 4.79 Å². The number of carbonyl (C=O) groups is 3. The molecule has 152 valence electrons. The van der Waals surface area contributed by atoms with Crippen LogP contribution < -0.4 is 5.32 Å². The number of hydrogen-bond acceptors (Lipinski definition) is 6. The van der Waals surface area contributed by atoms with E-state index >= 15 is 0 Å². The van der Waals surface area contributed by atoms with E-state index in [1.807, 2.05) is 6.92 Å². The summed E-state index contributed by atoms with van der Waals surface area (Å²) in [5.74, 6) is -0.496. The van der Waals surface area contributed by atoms with Gasteiger partial charge in [0.1, 0.15) is 4.32 Å². The zero-order valence-electron chi connectivity index (χ0n) is 16.2. The molecule has 1 aliphatic rings. The van der Waals surface area contributed by atoms with E-state index in [9.17, 15) is 14.4 Å². The van der Waals surface area contributed by atoms with Gasteiger partial charge < -0.3 is 10.1 Å². The van der Waals surface area contributed by atoms with Crippen molar-refractivity contribution >= 4 is 51.8 Å². The van der Waals surface area contributed by atoms with Crippen molar-refractivity contribution in [2.24, 2.45) is 0 Å². The third-order valence-electron chi connectivity index (χ3n) is 4.36. The molecule has 0 spiro atoms. The average Bonchev–Trinajstić information content (AvgIpc) is 2.95. The third kappa shape index (κ3) is 6.04. The molecular weight excluding hydrogens is 396 g/mol. The lowest BCUT2D eigenvalue weighted by Gasteiger charge is -2.15. The number of amides is 2. The second-order valence-electron chi connectivity index (χ2n) is 6.40. The first kappa shape index (κ1) is 22.4. The lowest BCUT2D eigenvalue weighted by molar-refractivity contribution is -0.126. The minimum absolute atomic E-state index is 0.0438. The highest BCUT2D eigenvalue weighted by molar-refractivity contribution is 8.24. The van der Waals surface area contributed by atoms with E-state index < -0.39 is 5.97 Å². The number of hydrogen-bond donors (Lipinski definition) is 1. The lowest BCUT2D eigenvalue weighted by atomic mass is 10.1. The molecule has 6 nitrogen and oxygen atoms in total. The first-order valence-corrected chi connectivity index (χ1v) is 10.8. The first-order valence-electron chi connectivity index (χ1n) is 9.55. The standard InChI is InChI=1S/C20H26N2O4S2/c1-3-16-18(24)22(20(27)28-16)13-9-5-6-12-17(23)21-15-11-8-7-10-14(15)19(25)26-4-2/h7-8,10-11,16H,3-6,9,12-13H2,1-2H3,(H,21,23). The summed E-state index contributed by atoms with van der Waals surface area (Å²) in [6, 6.07) is 6.81. The number of ether oxygens (including phenoxy) is 1. The number of unbranched alkanes of at least 4 members (excludes halogenated alkanes) is 2. The van der Waals surface area contributed by atoms with Gasteiger partial charge in [-0.05, 0) is 38.3 Å². The van der Waals surface area contributed by atoms with Crippen LogP contribution in [0.3, 0.4) is 0 Å². The van der Waals surface area contributed by atoms with Crippen molar-refractivity contribution in [1.82, 2.24) is 4.90 Å². The number of nitrogens with zero attached hydrogens (tertiary/aromatic N) is 1. The Kier molecular flexibility index (Phi) is 8.92. The van der Waals surface area contributed by atoms with Crippen LogP contribution in [0.1, 0.15) is 56.3 Å². The van der Waals surface area contributed by atoms with Gasteiger partial charge in [0.25, 0.3) is 0 Å². The molecule has 0 bridgehead atoms. The largest absolute Gasteiger partial charge is 0.462 e. The number of esters is 1. The molecule has 1 heterocycles. The molecule has 8 heteroatoms. The van der Waals surface area contributed by atoms with Crippen LogP contribution in [0.15, 0.2) is 24.3 Å². The van der Waals surface area contributed by atoms with Gasteiger partial charge in [0.15, 0.2) is 0 Å². The number of nitrogens with one attached hydrogen (secondary N) is 1. The Morgan fingerprint density at radius 2 is 1.96 bits per heavy atom. The second kappa shape index (κ2) is 11.2. The molecule has 0 saturated carbocycles. The molecule has 1 aromatic carbocycles. The highest BCUT2D eigenvalue weighted by Crippen LogP contribution is 2.29. The molecule has 1 atom stereocenters. The molecule has 2 amide bonds. The van der Waals surface area contributed by atoms with E-state index in [1.165, 1.54) is 11.8 Å². The van der Waals surface area contributed by atoms with E-state index in [-0.39, 0.29) is 23.7 Å². The molecule has 1 saturated heterocycles. The molecule has 1 aromatic rings. The van der Waals surface area contributed by atoms with Crippen LogP contribution >= 0.6 is 24.0 Å². The molecule has 2 rings (SSSR count). The van der Waals surface area contributed by atoms with Crippen LogP contribution in [0.2, 0.25) is 0 Å². The maximum Gasteiger partial charge on any atom is 0.340 e. The van der Waals surface area contributed by atoms with Crippen LogP contribution in [-0.4, -0.2) is 45.4 Å². The van der Waals surface area contributed by atoms with Crippen LogP contribution in [-0.2, 0) is 14.3 Å². The topological polar surface area (TPSA) is 75.7 Å². The van der Waals surface area contributed by atoms with Gasteiger partial charge >= 0.3 is 5.97 Å². The van der Waals surface area contributed by atoms with Crippen molar-refractivity contribution in [3.63, 3.8) is 0 Å². The van der Waals surface area contributed by atoms with E-state index in [2.05, 4.69) is 5.32 Å². The van der Waals surface area contributed by atoms with Gasteiger partial charge in [-0.1, -0.05) is 49.5 Å². The Labute approximate surface area is 175 Å². The molecule has 1 unspecified atom stereocenters. The smallest absolute Gasteiger partial charge is 0.340 e. The molecule has 1 aliphatic heterocycles. The van der Waals surface area contributed by atoms with Crippen LogP contribution in [0, 0.1) is 0 Å². The Hall–Kier alpha value is -1.93. The summed E-state index contributed by atoms with van der Waals surface area (Å²) in [4.78, 5) is 38.0. The Balaban J connectivity index is 1.73. The fourth-order valence-corrected chi connectivity index (χ4v) is 4.36. The normalized spacial score (nSPS) is 16.4. The predicted octanol–water partition coefficient (Wildman–Crippen LogP) is 4.00. The number of carbonyl (C=O) groups excluding carboxylic acids is 3. The molecular formula is C20H26N2O4S2. The van der Waals surface area contributed by atoms with Crippen molar-refractivity contribution in [3.05, 3.63) is 29.8 Å². The molecule has 1 fully saturated rings. The predicted molar refractivity (Wildman–Crippen MR) is 115 cm³/mol. The van der Waals surface area contributed by atoms with Crippen LogP contribution in [0.25, 0.3) is 0 Å². The fourth-order valence-electron chi connectivity index (χ4n) is 2.88. The fraction of sp³-hybridized carbons (Fsp3) is 0.500. The summed E-state index contributed by atoms with van der Waals surface area (Å²) in [6.07, 6.45) is 3.46. The maximum absolute atomic E-state index is 12.2. The van der Waals surface area contributed by atoms with Crippen molar-refractivity contribution in [2.75, 3.05) is 18.5 Å². The van der Waals surface area contributed by atoms with Crippen LogP contribution in [0.4, 0.5) is 5.69 Å². The highest BCUT2D eigenvalue weighted by Gasteiger charge is 2.34. The number of rotatable bonds is 10. The monoisotopic (exact) mass is 422 g/mol. The van der Waals surface area contributed by atoms with Gasteiger partial charge in [0.05, 0.1) is 23.1 Å². The second-order valence-corrected chi connectivity index (χ2v) is 8.23. The molecule has 0 aliphatic carbocycles. The first-order chi connectivity index (χ1) is 13.5. The lowest BCUT2D eigenvalue weighted by Crippen LogP contribution is -2.32. The number of benzene rings is 1. The number of thiocarbonyl (C=S) groups is 1. The summed E-state index contributed by atoms with van der Waals surface area (Å²) < 4.78 is 5.67. The van der Waals surface area contributed by atoms with Crippen molar-refractivity contribution in [1.29, 1.82) is 0 Å². The Morgan fingerprint density at radius 3 is 2.64 bits per heavy atom. The van der Waals surface area contributed by atoms with Gasteiger partial charge in [0.2, 0.25) is 11.8 Å². The van der Waals surface area contributed by atoms with Crippen molar-refractivity contribution in [3.8, 4) is 0 Å². The highest BCUT2D eigenvalue weighted by atomic mass is 32.2. The van der Waals surface area contributed by atoms with E-state index in [1.54, 1.807) is 36.1 Å². The zero-order chi connectivity index (χ0) is 20.5. The van der Waals surface area contributed by atoms with Gasteiger partial charge in [-0.2, -0.15) is 0 Å². The van der Waals surface area contributed by atoms with Gasteiger partial charge in [-0.3, -0.25) is 14.5 Å². The van der Waals surface area contributed by atoms with E-state index in [0.29, 0.717) is 35.0 Å². The van der Waals surface area contributed by atoms with Crippen LogP contribution in [0.5, 0.6) is 0 Å². The molecule has 1 N–H and O–H groups in total. The summed E-state index contributed by atoms with van der Waals surface area (Å²) in [7, 11) is 0.